The summed E-state index contributed by atoms with van der Waals surface area (Å²) in [4.78, 5) is 19.0. The lowest BCUT2D eigenvalue weighted by molar-refractivity contribution is -0.141. The third-order valence-electron chi connectivity index (χ3n) is 3.07. The summed E-state index contributed by atoms with van der Waals surface area (Å²) in [5.74, 6) is -1.55. The number of rotatable bonds is 7. The fraction of sp³-hybridized carbons (Fsp3) is 0.400. The number of aromatic nitrogens is 2. The summed E-state index contributed by atoms with van der Waals surface area (Å²) in [6.07, 6.45) is -0.853. The Labute approximate surface area is 136 Å². The van der Waals surface area contributed by atoms with Crippen molar-refractivity contribution in [3.8, 4) is 5.88 Å². The highest BCUT2D eigenvalue weighted by molar-refractivity contribution is 5.92. The minimum absolute atomic E-state index is 0.0495. The van der Waals surface area contributed by atoms with Crippen LogP contribution in [0, 0.1) is 0 Å². The van der Waals surface area contributed by atoms with Gasteiger partial charge in [-0.3, -0.25) is 4.79 Å². The van der Waals surface area contributed by atoms with Crippen molar-refractivity contribution < 1.29 is 27.1 Å². The fourth-order valence-corrected chi connectivity index (χ4v) is 1.87. The van der Waals surface area contributed by atoms with Gasteiger partial charge in [0.05, 0.1) is 6.61 Å². The van der Waals surface area contributed by atoms with Gasteiger partial charge in [0.15, 0.2) is 12.1 Å². The van der Waals surface area contributed by atoms with E-state index in [9.17, 15) is 18.0 Å². The number of ether oxygens (including phenoxy) is 1. The third kappa shape index (κ3) is 4.46. The molecule has 0 spiro atoms. The number of oxazole rings is 1. The molecular weight excluding hydrogens is 327 g/mol. The Morgan fingerprint density at radius 1 is 1.38 bits per heavy atom. The first kappa shape index (κ1) is 17.8. The molecule has 0 fully saturated rings. The first-order valence-corrected chi connectivity index (χ1v) is 7.29. The van der Waals surface area contributed by atoms with Crippen LogP contribution in [0.25, 0.3) is 0 Å². The van der Waals surface area contributed by atoms with Crippen molar-refractivity contribution in [3.05, 3.63) is 41.7 Å². The number of amides is 1. The summed E-state index contributed by atoms with van der Waals surface area (Å²) in [7, 11) is 0. The number of alkyl halides is 3. The van der Waals surface area contributed by atoms with Crippen molar-refractivity contribution in [1.29, 1.82) is 0 Å². The molecule has 0 bridgehead atoms. The van der Waals surface area contributed by atoms with E-state index in [1.165, 1.54) is 6.20 Å². The van der Waals surface area contributed by atoms with Gasteiger partial charge in [0.25, 0.3) is 5.91 Å². The van der Waals surface area contributed by atoms with E-state index < -0.39 is 23.5 Å². The molecule has 2 heterocycles. The predicted octanol–water partition coefficient (Wildman–Crippen LogP) is 3.20. The first-order chi connectivity index (χ1) is 11.4. The Hall–Kier alpha value is -2.58. The lowest BCUT2D eigenvalue weighted by Crippen LogP contribution is -2.25. The molecule has 0 unspecified atom stereocenters. The second kappa shape index (κ2) is 7.80. The molecule has 1 amide bonds. The van der Waals surface area contributed by atoms with E-state index in [-0.39, 0.29) is 6.54 Å². The summed E-state index contributed by atoms with van der Waals surface area (Å²) in [6.45, 7) is 2.43. The predicted molar refractivity (Wildman–Crippen MR) is 77.3 cm³/mol. The van der Waals surface area contributed by atoms with Crippen LogP contribution >= 0.6 is 0 Å². The van der Waals surface area contributed by atoms with Gasteiger partial charge in [-0.25, -0.2) is 9.97 Å². The molecule has 0 atom stereocenters. The number of nitrogens with zero attached hydrogens (tertiary/aromatic N) is 2. The van der Waals surface area contributed by atoms with E-state index in [2.05, 4.69) is 19.7 Å². The minimum Gasteiger partial charge on any atom is -0.477 e. The van der Waals surface area contributed by atoms with E-state index >= 15 is 0 Å². The van der Waals surface area contributed by atoms with Crippen LogP contribution < -0.4 is 10.1 Å². The monoisotopic (exact) mass is 343 g/mol. The first-order valence-electron chi connectivity index (χ1n) is 7.29. The quantitative estimate of drug-likeness (QED) is 0.781. The summed E-state index contributed by atoms with van der Waals surface area (Å²) in [5, 5.41) is 2.35. The second-order valence-electron chi connectivity index (χ2n) is 4.88. The van der Waals surface area contributed by atoms with Crippen LogP contribution in [0.5, 0.6) is 5.88 Å². The summed E-state index contributed by atoms with van der Waals surface area (Å²) < 4.78 is 48.2. The standard InChI is InChI=1S/C15H16F3N3O3/c1-2-3-7-23-14-10(5-4-6-19-14)8-20-13(22)11-12(15(16,17)18)21-9-24-11/h4-6,9H,2-3,7-8H2,1H3,(H,20,22). The van der Waals surface area contributed by atoms with Gasteiger partial charge in [0.1, 0.15) is 0 Å². The Balaban J connectivity index is 2.04. The van der Waals surface area contributed by atoms with Crippen LogP contribution in [0.3, 0.4) is 0 Å². The molecule has 0 aromatic carbocycles. The van der Waals surface area contributed by atoms with Gasteiger partial charge < -0.3 is 14.5 Å². The zero-order valence-corrected chi connectivity index (χ0v) is 12.9. The Bertz CT molecular complexity index is 686. The van der Waals surface area contributed by atoms with Crippen molar-refractivity contribution in [3.63, 3.8) is 0 Å². The van der Waals surface area contributed by atoms with Crippen molar-refractivity contribution in [2.75, 3.05) is 6.61 Å². The van der Waals surface area contributed by atoms with Gasteiger partial charge in [-0.2, -0.15) is 13.2 Å². The number of pyridine rings is 1. The van der Waals surface area contributed by atoms with Crippen LogP contribution in [0.15, 0.2) is 29.1 Å². The van der Waals surface area contributed by atoms with Crippen molar-refractivity contribution >= 4 is 5.91 Å². The summed E-state index contributed by atoms with van der Waals surface area (Å²) in [6, 6.07) is 3.31. The normalized spacial score (nSPS) is 11.3. The maximum Gasteiger partial charge on any atom is 0.437 e. The SMILES string of the molecule is CCCCOc1ncccc1CNC(=O)c1ocnc1C(F)(F)F. The molecule has 2 aromatic heterocycles. The van der Waals surface area contributed by atoms with Crippen LogP contribution in [0.4, 0.5) is 13.2 Å². The highest BCUT2D eigenvalue weighted by atomic mass is 19.4. The Morgan fingerprint density at radius 3 is 2.88 bits per heavy atom. The maximum atomic E-state index is 12.7. The number of nitrogens with one attached hydrogen (secondary N) is 1. The van der Waals surface area contributed by atoms with Crippen molar-refractivity contribution in [2.45, 2.75) is 32.5 Å². The van der Waals surface area contributed by atoms with Crippen molar-refractivity contribution in [1.82, 2.24) is 15.3 Å². The van der Waals surface area contributed by atoms with Crippen LogP contribution in [-0.4, -0.2) is 22.5 Å². The van der Waals surface area contributed by atoms with Crippen LogP contribution in [0.1, 0.15) is 41.6 Å². The largest absolute Gasteiger partial charge is 0.477 e. The molecule has 130 valence electrons. The number of carbonyl (C=O) groups excluding carboxylic acids is 1. The number of carbonyl (C=O) groups is 1. The summed E-state index contributed by atoms with van der Waals surface area (Å²) >= 11 is 0. The molecule has 1 N–H and O–H groups in total. The average Bonchev–Trinajstić information content (AvgIpc) is 3.04. The van der Waals surface area contributed by atoms with E-state index in [1.54, 1.807) is 12.1 Å². The van der Waals surface area contributed by atoms with Gasteiger partial charge in [-0.1, -0.05) is 19.4 Å². The van der Waals surface area contributed by atoms with E-state index in [1.807, 2.05) is 6.92 Å². The highest BCUT2D eigenvalue weighted by Crippen LogP contribution is 2.30. The molecule has 0 saturated carbocycles. The number of hydrogen-bond acceptors (Lipinski definition) is 5. The number of halogens is 3. The molecular formula is C15H16F3N3O3. The van der Waals surface area contributed by atoms with Crippen LogP contribution in [0.2, 0.25) is 0 Å². The number of unbranched alkanes of at least 4 members (excludes halogenated alkanes) is 1. The average molecular weight is 343 g/mol. The molecule has 0 aliphatic heterocycles. The molecule has 2 rings (SSSR count). The zero-order valence-electron chi connectivity index (χ0n) is 12.9. The van der Waals surface area contributed by atoms with E-state index in [0.717, 1.165) is 12.8 Å². The minimum atomic E-state index is -4.76. The highest BCUT2D eigenvalue weighted by Gasteiger charge is 2.39. The maximum absolute atomic E-state index is 12.7. The van der Waals surface area contributed by atoms with Gasteiger partial charge in [-0.15, -0.1) is 0 Å². The van der Waals surface area contributed by atoms with Crippen molar-refractivity contribution in [2.24, 2.45) is 0 Å². The molecule has 24 heavy (non-hydrogen) atoms. The fourth-order valence-electron chi connectivity index (χ4n) is 1.87. The molecule has 0 radical (unpaired) electrons. The smallest absolute Gasteiger partial charge is 0.437 e. The second-order valence-corrected chi connectivity index (χ2v) is 4.88. The Morgan fingerprint density at radius 2 is 2.17 bits per heavy atom. The van der Waals surface area contributed by atoms with Gasteiger partial charge in [0.2, 0.25) is 11.6 Å². The molecule has 0 aliphatic rings. The van der Waals surface area contributed by atoms with Gasteiger partial charge in [0, 0.05) is 18.3 Å². The van der Waals surface area contributed by atoms with E-state index in [4.69, 9.17) is 4.74 Å². The zero-order chi connectivity index (χ0) is 17.6. The molecule has 0 aliphatic carbocycles. The lowest BCUT2D eigenvalue weighted by Gasteiger charge is -2.10. The topological polar surface area (TPSA) is 77.2 Å². The van der Waals surface area contributed by atoms with Crippen LogP contribution in [-0.2, 0) is 12.7 Å². The molecule has 2 aromatic rings. The lowest BCUT2D eigenvalue weighted by atomic mass is 10.2. The molecule has 0 saturated heterocycles. The van der Waals surface area contributed by atoms with Gasteiger partial charge in [-0.05, 0) is 12.5 Å². The van der Waals surface area contributed by atoms with Gasteiger partial charge >= 0.3 is 6.18 Å². The Kier molecular flexibility index (Phi) is 5.78. The number of hydrogen-bond donors (Lipinski definition) is 1. The van der Waals surface area contributed by atoms with E-state index in [0.29, 0.717) is 24.4 Å². The third-order valence-corrected chi connectivity index (χ3v) is 3.07. The summed E-state index contributed by atoms with van der Waals surface area (Å²) in [5.41, 5.74) is -0.805. The molecule has 9 heteroatoms. The molecule has 6 nitrogen and oxygen atoms in total.